The van der Waals surface area contributed by atoms with E-state index >= 15 is 0 Å². The molecule has 12 heavy (non-hydrogen) atoms. The molecule has 1 atom stereocenters. The van der Waals surface area contributed by atoms with E-state index in [2.05, 4.69) is 13.8 Å². The minimum absolute atomic E-state index is 0.119. The fourth-order valence-electron chi connectivity index (χ4n) is 1.49. The van der Waals surface area contributed by atoms with E-state index in [0.717, 1.165) is 18.1 Å². The lowest BCUT2D eigenvalue weighted by molar-refractivity contribution is -0.00465. The standard InChI is InChI=1S/C9H19NOS/c1-9(2)4-3-8(11-9)7-12-6-5-10/h8H,3-7,10H2,1-2H3. The zero-order valence-electron chi connectivity index (χ0n) is 8.01. The van der Waals surface area contributed by atoms with Gasteiger partial charge in [0.2, 0.25) is 0 Å². The van der Waals surface area contributed by atoms with Crippen LogP contribution in [0.4, 0.5) is 0 Å². The van der Waals surface area contributed by atoms with E-state index in [0.29, 0.717) is 6.10 Å². The van der Waals surface area contributed by atoms with Crippen molar-refractivity contribution in [2.75, 3.05) is 18.1 Å². The number of hydrogen-bond donors (Lipinski definition) is 1. The minimum atomic E-state index is 0.119. The lowest BCUT2D eigenvalue weighted by Gasteiger charge is -2.18. The summed E-state index contributed by atoms with van der Waals surface area (Å²) in [6, 6.07) is 0. The third-order valence-electron chi connectivity index (χ3n) is 2.12. The van der Waals surface area contributed by atoms with Crippen molar-refractivity contribution in [3.8, 4) is 0 Å². The summed E-state index contributed by atoms with van der Waals surface area (Å²) in [5.41, 5.74) is 5.52. The second-order valence-electron chi connectivity index (χ2n) is 3.90. The van der Waals surface area contributed by atoms with E-state index in [1.807, 2.05) is 11.8 Å². The first-order valence-electron chi connectivity index (χ1n) is 4.60. The minimum Gasteiger partial charge on any atom is -0.371 e. The van der Waals surface area contributed by atoms with E-state index in [1.165, 1.54) is 12.8 Å². The molecule has 1 saturated heterocycles. The summed E-state index contributed by atoms with van der Waals surface area (Å²) < 4.78 is 5.83. The van der Waals surface area contributed by atoms with E-state index in [4.69, 9.17) is 10.5 Å². The van der Waals surface area contributed by atoms with Crippen molar-refractivity contribution in [2.45, 2.75) is 38.4 Å². The van der Waals surface area contributed by atoms with Gasteiger partial charge in [-0.3, -0.25) is 0 Å². The van der Waals surface area contributed by atoms with Crippen LogP contribution in [0.25, 0.3) is 0 Å². The van der Waals surface area contributed by atoms with Crippen LogP contribution in [0.3, 0.4) is 0 Å². The van der Waals surface area contributed by atoms with E-state index in [-0.39, 0.29) is 5.60 Å². The Labute approximate surface area is 79.2 Å². The average molecular weight is 189 g/mol. The summed E-state index contributed by atoms with van der Waals surface area (Å²) >= 11 is 1.90. The van der Waals surface area contributed by atoms with Gasteiger partial charge in [0, 0.05) is 18.1 Å². The third-order valence-corrected chi connectivity index (χ3v) is 3.25. The molecule has 1 aliphatic heterocycles. The summed E-state index contributed by atoms with van der Waals surface area (Å²) in [6.45, 7) is 5.11. The number of thioether (sulfide) groups is 1. The predicted octanol–water partition coefficient (Wildman–Crippen LogP) is 1.64. The summed E-state index contributed by atoms with van der Waals surface area (Å²) in [5, 5.41) is 0. The van der Waals surface area contributed by atoms with E-state index in [1.54, 1.807) is 0 Å². The Hall–Kier alpha value is 0.270. The lowest BCUT2D eigenvalue weighted by atomic mass is 10.1. The number of hydrogen-bond acceptors (Lipinski definition) is 3. The SMILES string of the molecule is CC1(C)CCC(CSCCN)O1. The molecule has 0 aromatic rings. The molecule has 1 heterocycles. The van der Waals surface area contributed by atoms with Gasteiger partial charge in [-0.25, -0.2) is 0 Å². The molecule has 1 rings (SSSR count). The van der Waals surface area contributed by atoms with Crippen molar-refractivity contribution in [1.29, 1.82) is 0 Å². The van der Waals surface area contributed by atoms with Gasteiger partial charge in [0.1, 0.15) is 0 Å². The van der Waals surface area contributed by atoms with Crippen LogP contribution in [0.1, 0.15) is 26.7 Å². The second kappa shape index (κ2) is 4.49. The van der Waals surface area contributed by atoms with Crippen molar-refractivity contribution in [1.82, 2.24) is 0 Å². The Morgan fingerprint density at radius 2 is 2.33 bits per heavy atom. The highest BCUT2D eigenvalue weighted by molar-refractivity contribution is 7.99. The Morgan fingerprint density at radius 3 is 2.83 bits per heavy atom. The molecule has 1 fully saturated rings. The predicted molar refractivity (Wildman–Crippen MR) is 54.6 cm³/mol. The summed E-state index contributed by atoms with van der Waals surface area (Å²) in [5.74, 6) is 2.17. The molecule has 0 radical (unpaired) electrons. The maximum atomic E-state index is 5.83. The molecule has 0 aromatic carbocycles. The molecule has 0 aromatic heterocycles. The highest BCUT2D eigenvalue weighted by Crippen LogP contribution is 2.30. The topological polar surface area (TPSA) is 35.2 Å². The van der Waals surface area contributed by atoms with Gasteiger partial charge < -0.3 is 10.5 Å². The molecule has 0 saturated carbocycles. The van der Waals surface area contributed by atoms with Crippen LogP contribution in [0, 0.1) is 0 Å². The van der Waals surface area contributed by atoms with Gasteiger partial charge in [0.25, 0.3) is 0 Å². The largest absolute Gasteiger partial charge is 0.371 e. The Bertz CT molecular complexity index is 138. The first-order chi connectivity index (χ1) is 5.64. The molecule has 2 N–H and O–H groups in total. The first kappa shape index (κ1) is 10.4. The quantitative estimate of drug-likeness (QED) is 0.683. The number of rotatable bonds is 4. The molecule has 3 heteroatoms. The van der Waals surface area contributed by atoms with Crippen molar-refractivity contribution < 1.29 is 4.74 Å². The van der Waals surface area contributed by atoms with Gasteiger partial charge in [-0.15, -0.1) is 0 Å². The van der Waals surface area contributed by atoms with Gasteiger partial charge in [-0.05, 0) is 26.7 Å². The van der Waals surface area contributed by atoms with Gasteiger partial charge in [-0.1, -0.05) is 0 Å². The second-order valence-corrected chi connectivity index (χ2v) is 5.05. The van der Waals surface area contributed by atoms with Crippen molar-refractivity contribution in [3.63, 3.8) is 0 Å². The smallest absolute Gasteiger partial charge is 0.0673 e. The molecular weight excluding hydrogens is 170 g/mol. The average Bonchev–Trinajstić information content (AvgIpc) is 2.31. The van der Waals surface area contributed by atoms with Gasteiger partial charge in [-0.2, -0.15) is 11.8 Å². The van der Waals surface area contributed by atoms with Crippen LogP contribution in [0.15, 0.2) is 0 Å². The summed E-state index contributed by atoms with van der Waals surface area (Å²) in [6.07, 6.45) is 2.88. The number of nitrogens with two attached hydrogens (primary N) is 1. The molecule has 2 nitrogen and oxygen atoms in total. The molecule has 0 spiro atoms. The normalized spacial score (nSPS) is 27.8. The maximum Gasteiger partial charge on any atom is 0.0673 e. The maximum absolute atomic E-state index is 5.83. The molecular formula is C9H19NOS. The van der Waals surface area contributed by atoms with Crippen LogP contribution >= 0.6 is 11.8 Å². The van der Waals surface area contributed by atoms with Crippen molar-refractivity contribution in [2.24, 2.45) is 5.73 Å². The summed E-state index contributed by atoms with van der Waals surface area (Å²) in [7, 11) is 0. The van der Waals surface area contributed by atoms with Crippen LogP contribution in [-0.4, -0.2) is 29.8 Å². The fraction of sp³-hybridized carbons (Fsp3) is 1.00. The van der Waals surface area contributed by atoms with E-state index in [9.17, 15) is 0 Å². The highest BCUT2D eigenvalue weighted by Gasteiger charge is 2.31. The van der Waals surface area contributed by atoms with Crippen LogP contribution in [0.2, 0.25) is 0 Å². The number of ether oxygens (including phenoxy) is 1. The van der Waals surface area contributed by atoms with Crippen LogP contribution in [0.5, 0.6) is 0 Å². The van der Waals surface area contributed by atoms with Crippen LogP contribution < -0.4 is 5.73 Å². The zero-order valence-corrected chi connectivity index (χ0v) is 8.82. The molecule has 1 unspecified atom stereocenters. The van der Waals surface area contributed by atoms with Crippen molar-refractivity contribution >= 4 is 11.8 Å². The highest BCUT2D eigenvalue weighted by atomic mass is 32.2. The first-order valence-corrected chi connectivity index (χ1v) is 5.75. The Kier molecular flexibility index (Phi) is 3.87. The lowest BCUT2D eigenvalue weighted by Crippen LogP contribution is -2.21. The van der Waals surface area contributed by atoms with Crippen molar-refractivity contribution in [3.05, 3.63) is 0 Å². The van der Waals surface area contributed by atoms with E-state index < -0.39 is 0 Å². The molecule has 0 bridgehead atoms. The third kappa shape index (κ3) is 3.33. The van der Waals surface area contributed by atoms with Crippen LogP contribution in [-0.2, 0) is 4.74 Å². The van der Waals surface area contributed by atoms with Gasteiger partial charge >= 0.3 is 0 Å². The van der Waals surface area contributed by atoms with Gasteiger partial charge in [0.05, 0.1) is 11.7 Å². The zero-order chi connectivity index (χ0) is 9.03. The van der Waals surface area contributed by atoms with Gasteiger partial charge in [0.15, 0.2) is 0 Å². The molecule has 72 valence electrons. The Balaban J connectivity index is 2.11. The molecule has 0 amide bonds. The Morgan fingerprint density at radius 1 is 1.58 bits per heavy atom. The molecule has 0 aliphatic carbocycles. The monoisotopic (exact) mass is 189 g/mol. The molecule has 1 aliphatic rings. The fourth-order valence-corrected chi connectivity index (χ4v) is 2.32. The summed E-state index contributed by atoms with van der Waals surface area (Å²) in [4.78, 5) is 0.